The van der Waals surface area contributed by atoms with Crippen LogP contribution in [0.2, 0.25) is 0 Å². The molecule has 1 N–H and O–H groups in total. The van der Waals surface area contributed by atoms with E-state index in [2.05, 4.69) is 23.5 Å². The third-order valence-corrected chi connectivity index (χ3v) is 5.19. The van der Waals surface area contributed by atoms with Crippen molar-refractivity contribution in [3.63, 3.8) is 0 Å². The van der Waals surface area contributed by atoms with Crippen LogP contribution in [-0.4, -0.2) is 18.2 Å². The zero-order chi connectivity index (χ0) is 19.5. The van der Waals surface area contributed by atoms with E-state index in [4.69, 9.17) is 9.26 Å². The van der Waals surface area contributed by atoms with Crippen molar-refractivity contribution in [3.05, 3.63) is 53.6 Å². The molecule has 0 spiro atoms. The summed E-state index contributed by atoms with van der Waals surface area (Å²) in [6, 6.07) is 13.8. The number of aromatic nitrogens is 1. The van der Waals surface area contributed by atoms with Crippen LogP contribution in [0.15, 0.2) is 47.0 Å². The van der Waals surface area contributed by atoms with E-state index in [0.717, 1.165) is 65.3 Å². The highest BCUT2D eigenvalue weighted by Gasteiger charge is 2.25. The van der Waals surface area contributed by atoms with Crippen molar-refractivity contribution < 1.29 is 14.1 Å². The first-order chi connectivity index (χ1) is 13.7. The number of methoxy groups -OCH3 is 1. The van der Waals surface area contributed by atoms with Gasteiger partial charge >= 0.3 is 0 Å². The molecule has 5 nitrogen and oxygen atoms in total. The summed E-state index contributed by atoms with van der Waals surface area (Å²) in [4.78, 5) is 11.9. The van der Waals surface area contributed by atoms with Crippen molar-refractivity contribution in [2.75, 3.05) is 12.4 Å². The van der Waals surface area contributed by atoms with Gasteiger partial charge in [-0.3, -0.25) is 4.79 Å². The summed E-state index contributed by atoms with van der Waals surface area (Å²) in [5.74, 6) is 1.72. The van der Waals surface area contributed by atoms with E-state index in [0.29, 0.717) is 6.42 Å². The maximum absolute atomic E-state index is 11.9. The van der Waals surface area contributed by atoms with Gasteiger partial charge < -0.3 is 14.6 Å². The molecule has 1 aromatic heterocycles. The summed E-state index contributed by atoms with van der Waals surface area (Å²) >= 11 is 0. The third-order valence-electron chi connectivity index (χ3n) is 5.19. The van der Waals surface area contributed by atoms with E-state index >= 15 is 0 Å². The molecular formula is C23H24N2O3. The van der Waals surface area contributed by atoms with Crippen LogP contribution >= 0.6 is 0 Å². The fourth-order valence-electron chi connectivity index (χ4n) is 3.64. The summed E-state index contributed by atoms with van der Waals surface area (Å²) in [5.41, 5.74) is 6.16. The van der Waals surface area contributed by atoms with Crippen molar-refractivity contribution in [1.29, 1.82) is 0 Å². The number of fused-ring (bicyclic) bond motifs is 3. The number of ether oxygens (including phenoxy) is 1. The van der Waals surface area contributed by atoms with Crippen LogP contribution in [0, 0.1) is 0 Å². The number of aryl methyl sites for hydroxylation is 1. The fourth-order valence-corrected chi connectivity index (χ4v) is 3.64. The monoisotopic (exact) mass is 376 g/mol. The Labute approximate surface area is 164 Å². The Hall–Kier alpha value is -3.08. The van der Waals surface area contributed by atoms with Gasteiger partial charge in [-0.1, -0.05) is 18.5 Å². The predicted molar refractivity (Wildman–Crippen MR) is 109 cm³/mol. The van der Waals surface area contributed by atoms with Crippen LogP contribution in [0.4, 0.5) is 5.69 Å². The summed E-state index contributed by atoms with van der Waals surface area (Å²) < 4.78 is 11.1. The lowest BCUT2D eigenvalue weighted by Gasteiger charge is -2.16. The second-order valence-electron chi connectivity index (χ2n) is 7.09. The van der Waals surface area contributed by atoms with Gasteiger partial charge in [0.25, 0.3) is 0 Å². The minimum absolute atomic E-state index is 0.0543. The normalized spacial score (nSPS) is 12.2. The van der Waals surface area contributed by atoms with Gasteiger partial charge in [-0.2, -0.15) is 0 Å². The summed E-state index contributed by atoms with van der Waals surface area (Å²) in [7, 11) is 1.68. The SMILES string of the molecule is CCCCC(=O)Nc1ccc(-c2onc3c2CCc2cc(OC)ccc2-3)cc1. The number of amides is 1. The number of hydrogen-bond donors (Lipinski definition) is 1. The van der Waals surface area contributed by atoms with Crippen molar-refractivity contribution in [2.24, 2.45) is 0 Å². The number of benzene rings is 2. The molecule has 144 valence electrons. The Balaban J connectivity index is 1.57. The molecule has 0 fully saturated rings. The first-order valence-corrected chi connectivity index (χ1v) is 9.75. The van der Waals surface area contributed by atoms with Gasteiger partial charge in [-0.15, -0.1) is 0 Å². The van der Waals surface area contributed by atoms with Gasteiger partial charge in [0.2, 0.25) is 5.91 Å². The minimum Gasteiger partial charge on any atom is -0.497 e. The molecule has 1 heterocycles. The number of nitrogens with one attached hydrogen (secondary N) is 1. The summed E-state index contributed by atoms with van der Waals surface area (Å²) in [5, 5.41) is 7.29. The lowest BCUT2D eigenvalue weighted by molar-refractivity contribution is -0.116. The maximum atomic E-state index is 11.9. The van der Waals surface area contributed by atoms with Crippen LogP contribution in [-0.2, 0) is 17.6 Å². The quantitative estimate of drug-likeness (QED) is 0.638. The molecule has 0 radical (unpaired) electrons. The highest BCUT2D eigenvalue weighted by molar-refractivity contribution is 5.91. The Morgan fingerprint density at radius 2 is 2.00 bits per heavy atom. The molecule has 1 amide bonds. The topological polar surface area (TPSA) is 64.4 Å². The van der Waals surface area contributed by atoms with E-state index in [1.165, 1.54) is 5.56 Å². The van der Waals surface area contributed by atoms with E-state index < -0.39 is 0 Å². The molecular weight excluding hydrogens is 352 g/mol. The first kappa shape index (κ1) is 18.3. The lowest BCUT2D eigenvalue weighted by atomic mass is 9.88. The van der Waals surface area contributed by atoms with Gasteiger partial charge in [0, 0.05) is 28.8 Å². The largest absolute Gasteiger partial charge is 0.497 e. The third kappa shape index (κ3) is 3.52. The Kier molecular flexibility index (Phi) is 5.15. The molecule has 0 saturated heterocycles. The number of rotatable bonds is 6. The molecule has 5 heteroatoms. The highest BCUT2D eigenvalue weighted by atomic mass is 16.5. The standard InChI is InChI=1S/C23H24N2O3/c1-3-4-5-21(26)24-17-9-6-15(7-10-17)23-20-12-8-16-14-18(27-2)11-13-19(16)22(20)25-28-23/h6-7,9-11,13-14H,3-5,8,12H2,1-2H3,(H,24,26). The van der Waals surface area contributed by atoms with Gasteiger partial charge in [0.1, 0.15) is 11.4 Å². The van der Waals surface area contributed by atoms with Gasteiger partial charge in [-0.25, -0.2) is 0 Å². The molecule has 0 aliphatic heterocycles. The molecule has 2 aromatic carbocycles. The number of carbonyl (C=O) groups excluding carboxylic acids is 1. The fraction of sp³-hybridized carbons (Fsp3) is 0.304. The molecule has 0 saturated carbocycles. The maximum Gasteiger partial charge on any atom is 0.224 e. The zero-order valence-electron chi connectivity index (χ0n) is 16.2. The van der Waals surface area contributed by atoms with Gasteiger partial charge in [0.05, 0.1) is 7.11 Å². The molecule has 3 aromatic rings. The van der Waals surface area contributed by atoms with Crippen LogP contribution in [0.25, 0.3) is 22.6 Å². The van der Waals surface area contributed by atoms with Gasteiger partial charge in [-0.05, 0) is 67.3 Å². The Morgan fingerprint density at radius 3 is 2.75 bits per heavy atom. The Bertz CT molecular complexity index is 990. The lowest BCUT2D eigenvalue weighted by Crippen LogP contribution is -2.10. The van der Waals surface area contributed by atoms with Crippen molar-refractivity contribution in [3.8, 4) is 28.3 Å². The van der Waals surface area contributed by atoms with Crippen LogP contribution in [0.3, 0.4) is 0 Å². The smallest absolute Gasteiger partial charge is 0.224 e. The average molecular weight is 376 g/mol. The van der Waals surface area contributed by atoms with Crippen LogP contribution in [0.1, 0.15) is 37.3 Å². The first-order valence-electron chi connectivity index (χ1n) is 9.75. The zero-order valence-corrected chi connectivity index (χ0v) is 16.2. The molecule has 0 bridgehead atoms. The summed E-state index contributed by atoms with van der Waals surface area (Å²) in [6.07, 6.45) is 4.28. The molecule has 1 aliphatic carbocycles. The van der Waals surface area contributed by atoms with Crippen LogP contribution < -0.4 is 10.1 Å². The minimum atomic E-state index is 0.0543. The number of nitrogens with zero attached hydrogens (tertiary/aromatic N) is 1. The van der Waals surface area contributed by atoms with Gasteiger partial charge in [0.15, 0.2) is 5.76 Å². The molecule has 0 unspecified atom stereocenters. The number of hydrogen-bond acceptors (Lipinski definition) is 4. The average Bonchev–Trinajstić information content (AvgIpc) is 3.17. The second kappa shape index (κ2) is 7.89. The molecule has 1 aliphatic rings. The molecule has 0 atom stereocenters. The highest BCUT2D eigenvalue weighted by Crippen LogP contribution is 2.39. The van der Waals surface area contributed by atoms with Crippen molar-refractivity contribution in [2.45, 2.75) is 39.0 Å². The number of anilines is 1. The number of carbonyl (C=O) groups is 1. The molecule has 28 heavy (non-hydrogen) atoms. The predicted octanol–water partition coefficient (Wildman–Crippen LogP) is 5.24. The summed E-state index contributed by atoms with van der Waals surface area (Å²) in [6.45, 7) is 2.08. The Morgan fingerprint density at radius 1 is 1.18 bits per heavy atom. The van der Waals surface area contributed by atoms with Crippen LogP contribution in [0.5, 0.6) is 5.75 Å². The van der Waals surface area contributed by atoms with E-state index in [9.17, 15) is 4.79 Å². The van der Waals surface area contributed by atoms with Crippen molar-refractivity contribution >= 4 is 11.6 Å². The van der Waals surface area contributed by atoms with E-state index in [-0.39, 0.29) is 5.91 Å². The van der Waals surface area contributed by atoms with E-state index in [1.54, 1.807) is 7.11 Å². The number of unbranched alkanes of at least 4 members (excludes halogenated alkanes) is 1. The van der Waals surface area contributed by atoms with E-state index in [1.807, 2.05) is 36.4 Å². The second-order valence-corrected chi connectivity index (χ2v) is 7.09. The molecule has 4 rings (SSSR count). The van der Waals surface area contributed by atoms with Crippen molar-refractivity contribution in [1.82, 2.24) is 5.16 Å².